The van der Waals surface area contributed by atoms with Gasteiger partial charge in [-0.3, -0.25) is 0 Å². The maximum atomic E-state index is 12.3. The second kappa shape index (κ2) is 6.66. The summed E-state index contributed by atoms with van der Waals surface area (Å²) >= 11 is 1.74. The number of anilines is 1. The van der Waals surface area contributed by atoms with Crippen molar-refractivity contribution in [3.63, 3.8) is 0 Å². The molecule has 1 aromatic carbocycles. The summed E-state index contributed by atoms with van der Waals surface area (Å²) in [7, 11) is 0. The van der Waals surface area contributed by atoms with Crippen LogP contribution in [0.25, 0.3) is 0 Å². The number of benzene rings is 1. The van der Waals surface area contributed by atoms with E-state index in [9.17, 15) is 4.79 Å². The van der Waals surface area contributed by atoms with Gasteiger partial charge < -0.3 is 10.2 Å². The Morgan fingerprint density at radius 1 is 1.42 bits per heavy atom. The molecule has 1 aliphatic heterocycles. The van der Waals surface area contributed by atoms with Crippen LogP contribution in [0.1, 0.15) is 20.3 Å². The smallest absolute Gasteiger partial charge is 0.314 e. The summed E-state index contributed by atoms with van der Waals surface area (Å²) in [6.45, 7) is 4.91. The molecule has 1 heterocycles. The van der Waals surface area contributed by atoms with Gasteiger partial charge in [0.1, 0.15) is 0 Å². The number of hydrogen-bond donors (Lipinski definition) is 1. The van der Waals surface area contributed by atoms with Crippen LogP contribution in [-0.2, 0) is 0 Å². The summed E-state index contributed by atoms with van der Waals surface area (Å²) in [5, 5.41) is 3.03. The number of urea groups is 1. The van der Waals surface area contributed by atoms with Gasteiger partial charge in [-0.2, -0.15) is 0 Å². The molecule has 3 nitrogen and oxygen atoms in total. The molecule has 0 aliphatic carbocycles. The fourth-order valence-corrected chi connectivity index (χ4v) is 2.96. The Hall–Kier alpha value is -1.42. The first-order valence-corrected chi connectivity index (χ1v) is 7.71. The van der Waals surface area contributed by atoms with Gasteiger partial charge in [-0.15, -0.1) is 11.8 Å². The number of thioether (sulfide) groups is 1. The Bertz CT molecular complexity index is 473. The van der Waals surface area contributed by atoms with Crippen molar-refractivity contribution in [3.05, 3.63) is 36.4 Å². The van der Waals surface area contributed by atoms with Crippen LogP contribution in [0.4, 0.5) is 10.5 Å². The lowest BCUT2D eigenvalue weighted by molar-refractivity contribution is 0.209. The molecule has 0 spiro atoms. The van der Waals surface area contributed by atoms with Gasteiger partial charge in [-0.25, -0.2) is 4.79 Å². The quantitative estimate of drug-likeness (QED) is 0.666. The molecule has 0 saturated carbocycles. The zero-order chi connectivity index (χ0) is 13.7. The molecule has 2 rings (SSSR count). The Balaban J connectivity index is 2.07. The largest absolute Gasteiger partial charge is 0.322 e. The molecule has 19 heavy (non-hydrogen) atoms. The molecular formula is C15H20N2OS. The second-order valence-electron chi connectivity index (χ2n) is 4.42. The van der Waals surface area contributed by atoms with Crippen LogP contribution in [0.3, 0.4) is 0 Å². The SMILES string of the molecule is CCSc1ccccc1NC(=O)N1CC=C[C@H]1CC. The summed E-state index contributed by atoms with van der Waals surface area (Å²) in [5.41, 5.74) is 0.904. The third-order valence-electron chi connectivity index (χ3n) is 3.17. The van der Waals surface area contributed by atoms with Crippen LogP contribution in [0, 0.1) is 0 Å². The van der Waals surface area contributed by atoms with Crippen LogP contribution in [0.5, 0.6) is 0 Å². The van der Waals surface area contributed by atoms with Gasteiger partial charge >= 0.3 is 6.03 Å². The molecule has 0 aromatic heterocycles. The van der Waals surface area contributed by atoms with Crippen molar-refractivity contribution in [1.29, 1.82) is 0 Å². The highest BCUT2D eigenvalue weighted by Gasteiger charge is 2.23. The first-order chi connectivity index (χ1) is 9.26. The Kier molecular flexibility index (Phi) is 4.91. The first kappa shape index (κ1) is 14.0. The number of rotatable bonds is 4. The molecule has 4 heteroatoms. The van der Waals surface area contributed by atoms with Crippen LogP contribution in [0.2, 0.25) is 0 Å². The molecule has 0 saturated heterocycles. The highest BCUT2D eigenvalue weighted by molar-refractivity contribution is 7.99. The molecular weight excluding hydrogens is 256 g/mol. The lowest BCUT2D eigenvalue weighted by Gasteiger charge is -2.24. The molecule has 1 aromatic rings. The van der Waals surface area contributed by atoms with E-state index in [1.807, 2.05) is 29.2 Å². The zero-order valence-electron chi connectivity index (χ0n) is 11.4. The van der Waals surface area contributed by atoms with E-state index in [0.29, 0.717) is 6.54 Å². The van der Waals surface area contributed by atoms with E-state index in [4.69, 9.17) is 0 Å². The van der Waals surface area contributed by atoms with E-state index < -0.39 is 0 Å². The number of amides is 2. The normalized spacial score (nSPS) is 17.8. The Morgan fingerprint density at radius 2 is 2.21 bits per heavy atom. The summed E-state index contributed by atoms with van der Waals surface area (Å²) in [5.74, 6) is 0.996. The van der Waals surface area contributed by atoms with Crippen molar-refractivity contribution in [2.24, 2.45) is 0 Å². The minimum absolute atomic E-state index is 0.0130. The van der Waals surface area contributed by atoms with Crippen molar-refractivity contribution in [2.45, 2.75) is 31.2 Å². The molecule has 2 amide bonds. The predicted octanol–water partition coefficient (Wildman–Crippen LogP) is 3.98. The highest BCUT2D eigenvalue weighted by atomic mass is 32.2. The van der Waals surface area contributed by atoms with E-state index in [2.05, 4.69) is 31.3 Å². The molecule has 0 radical (unpaired) electrons. The Morgan fingerprint density at radius 3 is 2.95 bits per heavy atom. The summed E-state index contributed by atoms with van der Waals surface area (Å²) < 4.78 is 0. The summed E-state index contributed by atoms with van der Waals surface area (Å²) in [6, 6.07) is 8.17. The lowest BCUT2D eigenvalue weighted by Crippen LogP contribution is -2.38. The van der Waals surface area contributed by atoms with Gasteiger partial charge in [0.2, 0.25) is 0 Å². The van der Waals surface area contributed by atoms with Crippen LogP contribution in [0.15, 0.2) is 41.3 Å². The molecule has 0 fully saturated rings. The zero-order valence-corrected chi connectivity index (χ0v) is 12.2. The Labute approximate surface area is 119 Å². The third kappa shape index (κ3) is 3.32. The van der Waals surface area contributed by atoms with Crippen LogP contribution < -0.4 is 5.32 Å². The van der Waals surface area contributed by atoms with Gasteiger partial charge in [-0.05, 0) is 24.3 Å². The number of hydrogen-bond acceptors (Lipinski definition) is 2. The maximum absolute atomic E-state index is 12.3. The molecule has 102 valence electrons. The molecule has 1 atom stereocenters. The van der Waals surface area contributed by atoms with E-state index in [1.54, 1.807) is 11.8 Å². The van der Waals surface area contributed by atoms with E-state index >= 15 is 0 Å². The van der Waals surface area contributed by atoms with Crippen molar-refractivity contribution in [2.75, 3.05) is 17.6 Å². The van der Waals surface area contributed by atoms with E-state index in [1.165, 1.54) is 0 Å². The topological polar surface area (TPSA) is 32.3 Å². The predicted molar refractivity (Wildman–Crippen MR) is 81.8 cm³/mol. The number of carbonyl (C=O) groups is 1. The standard InChI is InChI=1S/C15H20N2OS/c1-3-12-8-7-11-17(12)15(18)16-13-9-5-6-10-14(13)19-4-2/h5-10,12H,3-4,11H2,1-2H3,(H,16,18)/t12-/m1/s1. The van der Waals surface area contributed by atoms with Gasteiger partial charge in [0, 0.05) is 11.4 Å². The average molecular weight is 276 g/mol. The first-order valence-electron chi connectivity index (χ1n) is 6.72. The monoisotopic (exact) mass is 276 g/mol. The molecule has 1 aliphatic rings. The fraction of sp³-hybridized carbons (Fsp3) is 0.400. The second-order valence-corrected chi connectivity index (χ2v) is 5.72. The van der Waals surface area contributed by atoms with Crippen molar-refractivity contribution in [3.8, 4) is 0 Å². The minimum Gasteiger partial charge on any atom is -0.314 e. The summed E-state index contributed by atoms with van der Waals surface area (Å²) in [4.78, 5) is 15.3. The number of nitrogens with one attached hydrogen (secondary N) is 1. The molecule has 1 N–H and O–H groups in total. The van der Waals surface area contributed by atoms with Crippen molar-refractivity contribution < 1.29 is 4.79 Å². The van der Waals surface area contributed by atoms with E-state index in [-0.39, 0.29) is 12.1 Å². The summed E-state index contributed by atoms with van der Waals surface area (Å²) in [6.07, 6.45) is 5.11. The highest BCUT2D eigenvalue weighted by Crippen LogP contribution is 2.27. The number of nitrogens with zero attached hydrogens (tertiary/aromatic N) is 1. The fourth-order valence-electron chi connectivity index (χ4n) is 2.20. The van der Waals surface area contributed by atoms with Gasteiger partial charge in [-0.1, -0.05) is 38.1 Å². The van der Waals surface area contributed by atoms with Crippen LogP contribution in [-0.4, -0.2) is 29.3 Å². The number of para-hydroxylation sites is 1. The average Bonchev–Trinajstić information content (AvgIpc) is 2.89. The minimum atomic E-state index is -0.0130. The van der Waals surface area contributed by atoms with Crippen molar-refractivity contribution in [1.82, 2.24) is 4.90 Å². The lowest BCUT2D eigenvalue weighted by atomic mass is 10.2. The van der Waals surface area contributed by atoms with E-state index in [0.717, 1.165) is 22.8 Å². The maximum Gasteiger partial charge on any atom is 0.322 e. The van der Waals surface area contributed by atoms with Gasteiger partial charge in [0.25, 0.3) is 0 Å². The number of carbonyl (C=O) groups excluding carboxylic acids is 1. The molecule has 0 unspecified atom stereocenters. The molecule has 0 bridgehead atoms. The third-order valence-corrected chi connectivity index (χ3v) is 4.12. The van der Waals surface area contributed by atoms with Gasteiger partial charge in [0.05, 0.1) is 11.7 Å². The van der Waals surface area contributed by atoms with Crippen molar-refractivity contribution >= 4 is 23.5 Å². The van der Waals surface area contributed by atoms with Crippen LogP contribution >= 0.6 is 11.8 Å². The van der Waals surface area contributed by atoms with Gasteiger partial charge in [0.15, 0.2) is 0 Å².